The van der Waals surface area contributed by atoms with E-state index in [0.29, 0.717) is 18.7 Å². The highest BCUT2D eigenvalue weighted by molar-refractivity contribution is 5.84. The molecular formula is C17H18N4O2. The van der Waals surface area contributed by atoms with Gasteiger partial charge in [-0.3, -0.25) is 4.79 Å². The summed E-state index contributed by atoms with van der Waals surface area (Å²) in [6.07, 6.45) is 3.47. The highest BCUT2D eigenvalue weighted by atomic mass is 16.5. The maximum atomic E-state index is 12.7. The molecule has 118 valence electrons. The molecule has 0 unspecified atom stereocenters. The Hall–Kier alpha value is -2.73. The van der Waals surface area contributed by atoms with Gasteiger partial charge in [0.25, 0.3) is 5.56 Å². The molecule has 0 aliphatic rings. The fourth-order valence-electron chi connectivity index (χ4n) is 2.59. The zero-order valence-electron chi connectivity index (χ0n) is 13.1. The van der Waals surface area contributed by atoms with Gasteiger partial charge < -0.3 is 15.0 Å². The molecule has 3 rings (SSSR count). The van der Waals surface area contributed by atoms with Gasteiger partial charge in [0, 0.05) is 31.4 Å². The van der Waals surface area contributed by atoms with Gasteiger partial charge in [0.05, 0.1) is 17.7 Å². The number of nitrogens with zero attached hydrogens (tertiary/aromatic N) is 3. The Kier molecular flexibility index (Phi) is 4.08. The Balaban J connectivity index is 2.14. The molecule has 0 saturated heterocycles. The van der Waals surface area contributed by atoms with E-state index in [-0.39, 0.29) is 11.5 Å². The van der Waals surface area contributed by atoms with E-state index < -0.39 is 0 Å². The van der Waals surface area contributed by atoms with Crippen molar-refractivity contribution in [1.82, 2.24) is 14.5 Å². The summed E-state index contributed by atoms with van der Waals surface area (Å²) in [6, 6.07) is 7.60. The Labute approximate surface area is 133 Å². The van der Waals surface area contributed by atoms with Gasteiger partial charge in [-0.1, -0.05) is 6.07 Å². The lowest BCUT2D eigenvalue weighted by atomic mass is 10.0. The molecule has 3 aromatic rings. The number of methoxy groups -OCH3 is 1. The first kappa shape index (κ1) is 15.2. The largest absolute Gasteiger partial charge is 0.383 e. The van der Waals surface area contributed by atoms with E-state index in [1.807, 2.05) is 31.2 Å². The van der Waals surface area contributed by atoms with Crippen molar-refractivity contribution in [3.05, 3.63) is 52.6 Å². The minimum absolute atomic E-state index is 0.0298. The molecule has 0 fully saturated rings. The van der Waals surface area contributed by atoms with Gasteiger partial charge in [-0.05, 0) is 36.2 Å². The van der Waals surface area contributed by atoms with Crippen LogP contribution in [0.2, 0.25) is 0 Å². The van der Waals surface area contributed by atoms with Crippen LogP contribution in [0.4, 0.5) is 5.95 Å². The first-order valence-electron chi connectivity index (χ1n) is 7.32. The zero-order valence-corrected chi connectivity index (χ0v) is 13.1. The summed E-state index contributed by atoms with van der Waals surface area (Å²) in [6.45, 7) is 2.95. The van der Waals surface area contributed by atoms with Crippen LogP contribution in [0, 0.1) is 6.92 Å². The molecule has 6 nitrogen and oxygen atoms in total. The van der Waals surface area contributed by atoms with Crippen molar-refractivity contribution < 1.29 is 4.74 Å². The maximum absolute atomic E-state index is 12.7. The summed E-state index contributed by atoms with van der Waals surface area (Å²) in [5, 5.41) is 0.850. The molecule has 0 aliphatic heterocycles. The lowest BCUT2D eigenvalue weighted by Crippen LogP contribution is -2.23. The third kappa shape index (κ3) is 2.93. The highest BCUT2D eigenvalue weighted by Gasteiger charge is 2.11. The van der Waals surface area contributed by atoms with Crippen molar-refractivity contribution in [1.29, 1.82) is 0 Å². The highest BCUT2D eigenvalue weighted by Crippen LogP contribution is 2.23. The van der Waals surface area contributed by atoms with Gasteiger partial charge in [-0.15, -0.1) is 0 Å². The first-order chi connectivity index (χ1) is 11.1. The number of benzene rings is 1. The van der Waals surface area contributed by atoms with Crippen LogP contribution in [0.25, 0.3) is 22.0 Å². The van der Waals surface area contributed by atoms with Gasteiger partial charge in [0.2, 0.25) is 5.95 Å². The number of nitrogen functional groups attached to an aromatic ring is 1. The third-order valence-electron chi connectivity index (χ3n) is 3.80. The van der Waals surface area contributed by atoms with Gasteiger partial charge >= 0.3 is 0 Å². The summed E-state index contributed by atoms with van der Waals surface area (Å²) in [7, 11) is 1.62. The molecule has 2 N–H and O–H groups in total. The molecule has 0 spiro atoms. The van der Waals surface area contributed by atoms with Crippen molar-refractivity contribution >= 4 is 16.9 Å². The topological polar surface area (TPSA) is 83.0 Å². The quantitative estimate of drug-likeness (QED) is 0.797. The van der Waals surface area contributed by atoms with Gasteiger partial charge in [0.15, 0.2) is 0 Å². The van der Waals surface area contributed by atoms with Crippen molar-refractivity contribution in [2.45, 2.75) is 13.5 Å². The Morgan fingerprint density at radius 3 is 2.91 bits per heavy atom. The number of aryl methyl sites for hydroxylation is 1. The number of aromatic nitrogens is 3. The summed E-state index contributed by atoms with van der Waals surface area (Å²) in [5.74, 6) is 0.239. The second kappa shape index (κ2) is 6.18. The Morgan fingerprint density at radius 1 is 1.30 bits per heavy atom. The molecule has 0 bridgehead atoms. The lowest BCUT2D eigenvalue weighted by Gasteiger charge is -2.11. The normalized spacial score (nSPS) is 11.0. The molecule has 2 heterocycles. The molecule has 0 saturated carbocycles. The van der Waals surface area contributed by atoms with Crippen LogP contribution < -0.4 is 11.3 Å². The second-order valence-corrected chi connectivity index (χ2v) is 5.37. The van der Waals surface area contributed by atoms with Gasteiger partial charge in [0.1, 0.15) is 0 Å². The summed E-state index contributed by atoms with van der Waals surface area (Å²) in [5.41, 5.74) is 8.79. The van der Waals surface area contributed by atoms with E-state index in [1.165, 1.54) is 0 Å². The number of hydrogen-bond donors (Lipinski definition) is 1. The van der Waals surface area contributed by atoms with Crippen molar-refractivity contribution in [3.8, 4) is 11.1 Å². The lowest BCUT2D eigenvalue weighted by molar-refractivity contribution is 0.186. The van der Waals surface area contributed by atoms with E-state index in [2.05, 4.69) is 9.97 Å². The SMILES string of the molecule is COCCn1ccc(C)c(-c2ccc3nc(N)ncc3c2)c1=O. The number of fused-ring (bicyclic) bond motifs is 1. The van der Waals surface area contributed by atoms with E-state index >= 15 is 0 Å². The fourth-order valence-corrected chi connectivity index (χ4v) is 2.59. The van der Waals surface area contributed by atoms with Crippen LogP contribution >= 0.6 is 0 Å². The molecule has 0 atom stereocenters. The molecule has 0 radical (unpaired) electrons. The number of hydrogen-bond acceptors (Lipinski definition) is 5. The molecular weight excluding hydrogens is 292 g/mol. The van der Waals surface area contributed by atoms with E-state index in [1.54, 1.807) is 24.1 Å². The van der Waals surface area contributed by atoms with Crippen LogP contribution in [0.3, 0.4) is 0 Å². The van der Waals surface area contributed by atoms with E-state index in [9.17, 15) is 4.79 Å². The molecule has 1 aromatic carbocycles. The summed E-state index contributed by atoms with van der Waals surface area (Å²) in [4.78, 5) is 20.9. The molecule has 0 aliphatic carbocycles. The monoisotopic (exact) mass is 310 g/mol. The average molecular weight is 310 g/mol. The standard InChI is InChI=1S/C17H18N4O2/c1-11-5-6-21(7-8-23-2)16(22)15(11)12-3-4-14-13(9-12)10-19-17(18)20-14/h3-6,9-10H,7-8H2,1-2H3,(H2,18,19,20). The first-order valence-corrected chi connectivity index (χ1v) is 7.32. The summed E-state index contributed by atoms with van der Waals surface area (Å²) >= 11 is 0. The Bertz CT molecular complexity index is 918. The van der Waals surface area contributed by atoms with Crippen molar-refractivity contribution in [2.24, 2.45) is 0 Å². The number of pyridine rings is 1. The second-order valence-electron chi connectivity index (χ2n) is 5.37. The minimum atomic E-state index is -0.0298. The predicted octanol–water partition coefficient (Wildman–Crippen LogP) is 2.00. The van der Waals surface area contributed by atoms with Crippen LogP contribution in [-0.4, -0.2) is 28.3 Å². The van der Waals surface area contributed by atoms with E-state index in [0.717, 1.165) is 22.0 Å². The number of nitrogens with two attached hydrogens (primary N) is 1. The third-order valence-corrected chi connectivity index (χ3v) is 3.80. The van der Waals surface area contributed by atoms with Crippen LogP contribution in [-0.2, 0) is 11.3 Å². The Morgan fingerprint density at radius 2 is 2.13 bits per heavy atom. The van der Waals surface area contributed by atoms with Crippen LogP contribution in [0.15, 0.2) is 41.5 Å². The van der Waals surface area contributed by atoms with Crippen LogP contribution in [0.5, 0.6) is 0 Å². The number of anilines is 1. The number of ether oxygens (including phenoxy) is 1. The van der Waals surface area contributed by atoms with Gasteiger partial charge in [-0.25, -0.2) is 9.97 Å². The van der Waals surface area contributed by atoms with E-state index in [4.69, 9.17) is 10.5 Å². The average Bonchev–Trinajstić information content (AvgIpc) is 2.54. The zero-order chi connectivity index (χ0) is 16.4. The van der Waals surface area contributed by atoms with Gasteiger partial charge in [-0.2, -0.15) is 0 Å². The molecule has 6 heteroatoms. The molecule has 2 aromatic heterocycles. The van der Waals surface area contributed by atoms with Crippen molar-refractivity contribution in [2.75, 3.05) is 19.5 Å². The smallest absolute Gasteiger partial charge is 0.258 e. The predicted molar refractivity (Wildman–Crippen MR) is 90.3 cm³/mol. The van der Waals surface area contributed by atoms with Crippen LogP contribution in [0.1, 0.15) is 5.56 Å². The molecule has 0 amide bonds. The fraction of sp³-hybridized carbons (Fsp3) is 0.235. The van der Waals surface area contributed by atoms with Crippen molar-refractivity contribution in [3.63, 3.8) is 0 Å². The summed E-state index contributed by atoms with van der Waals surface area (Å²) < 4.78 is 6.72. The number of rotatable bonds is 4. The molecule has 23 heavy (non-hydrogen) atoms. The maximum Gasteiger partial charge on any atom is 0.258 e. The minimum Gasteiger partial charge on any atom is -0.383 e.